The number of carbonyl (C=O) groups excluding carboxylic acids is 1. The Kier molecular flexibility index (Phi) is 4.04. The highest BCUT2D eigenvalue weighted by atomic mass is 19.4. The molecule has 19 heavy (non-hydrogen) atoms. The summed E-state index contributed by atoms with van der Waals surface area (Å²) in [7, 11) is 0.873. The predicted octanol–water partition coefficient (Wildman–Crippen LogP) is 2.70. The molecule has 0 atom stereocenters. The van der Waals surface area contributed by atoms with E-state index in [-0.39, 0.29) is 6.07 Å². The molecule has 1 heterocycles. The van der Waals surface area contributed by atoms with Crippen molar-refractivity contribution in [2.24, 2.45) is 0 Å². The predicted molar refractivity (Wildman–Crippen MR) is 50.3 cm³/mol. The van der Waals surface area contributed by atoms with Crippen molar-refractivity contribution in [1.82, 2.24) is 4.98 Å². The summed E-state index contributed by atoms with van der Waals surface area (Å²) in [5, 5.41) is 8.62. The van der Waals surface area contributed by atoms with E-state index in [0.717, 1.165) is 7.11 Å². The van der Waals surface area contributed by atoms with E-state index in [0.29, 0.717) is 0 Å². The molecule has 1 rings (SSSR count). The molecule has 0 aliphatic rings. The second-order valence-electron chi connectivity index (χ2n) is 3.22. The van der Waals surface area contributed by atoms with E-state index in [9.17, 15) is 26.7 Å². The number of methoxy groups -OCH3 is 1. The highest BCUT2D eigenvalue weighted by Crippen LogP contribution is 2.36. The third-order valence-electron chi connectivity index (χ3n) is 2.08. The van der Waals surface area contributed by atoms with Gasteiger partial charge in [-0.25, -0.2) is 18.6 Å². The largest absolute Gasteiger partial charge is 0.465 e. The molecular weight excluding hydrogens is 275 g/mol. The van der Waals surface area contributed by atoms with Crippen molar-refractivity contribution >= 4 is 5.97 Å². The number of nitrogens with zero attached hydrogens (tertiary/aromatic N) is 2. The first-order chi connectivity index (χ1) is 8.72. The van der Waals surface area contributed by atoms with Gasteiger partial charge in [0.2, 0.25) is 0 Å². The van der Waals surface area contributed by atoms with Crippen LogP contribution >= 0.6 is 0 Å². The fourth-order valence-electron chi connectivity index (χ4n) is 1.27. The standard InChI is InChI=1S/C10H5F5N2O2/c1-19-9(18)4-2-5(10(13,14)15)7(8(11)12)17-6(4)3-16/h2,8H,1H3. The Bertz CT molecular complexity index is 548. The van der Waals surface area contributed by atoms with Crippen LogP contribution in [-0.4, -0.2) is 18.1 Å². The first-order valence-corrected chi connectivity index (χ1v) is 4.61. The summed E-state index contributed by atoms with van der Waals surface area (Å²) in [5.74, 6) is -1.27. The molecule has 0 aliphatic heterocycles. The zero-order valence-corrected chi connectivity index (χ0v) is 9.26. The van der Waals surface area contributed by atoms with E-state index >= 15 is 0 Å². The Labute approximate surface area is 103 Å². The molecule has 9 heteroatoms. The first-order valence-electron chi connectivity index (χ1n) is 4.61. The van der Waals surface area contributed by atoms with Crippen LogP contribution in [0.4, 0.5) is 22.0 Å². The Morgan fingerprint density at radius 1 is 1.47 bits per heavy atom. The zero-order valence-electron chi connectivity index (χ0n) is 9.26. The molecule has 0 fully saturated rings. The number of hydrogen-bond acceptors (Lipinski definition) is 4. The third kappa shape index (κ3) is 2.96. The quantitative estimate of drug-likeness (QED) is 0.617. The molecule has 102 valence electrons. The van der Waals surface area contributed by atoms with Crippen LogP contribution in [0.2, 0.25) is 0 Å². The van der Waals surface area contributed by atoms with E-state index in [1.54, 1.807) is 0 Å². The van der Waals surface area contributed by atoms with E-state index in [4.69, 9.17) is 5.26 Å². The summed E-state index contributed by atoms with van der Waals surface area (Å²) >= 11 is 0. The lowest BCUT2D eigenvalue weighted by Gasteiger charge is -2.13. The Morgan fingerprint density at radius 3 is 2.42 bits per heavy atom. The smallest absolute Gasteiger partial charge is 0.418 e. The first kappa shape index (κ1) is 14.8. The van der Waals surface area contributed by atoms with Gasteiger partial charge >= 0.3 is 12.1 Å². The van der Waals surface area contributed by atoms with Crippen molar-refractivity contribution in [3.8, 4) is 6.07 Å². The minimum Gasteiger partial charge on any atom is -0.465 e. The zero-order chi connectivity index (χ0) is 14.8. The van der Waals surface area contributed by atoms with Gasteiger partial charge < -0.3 is 4.74 Å². The van der Waals surface area contributed by atoms with Gasteiger partial charge in [0.15, 0.2) is 5.69 Å². The van der Waals surface area contributed by atoms with Gasteiger partial charge in [0.25, 0.3) is 6.43 Å². The number of pyridine rings is 1. The monoisotopic (exact) mass is 280 g/mol. The highest BCUT2D eigenvalue weighted by molar-refractivity contribution is 5.91. The van der Waals surface area contributed by atoms with Crippen LogP contribution in [-0.2, 0) is 10.9 Å². The molecule has 0 amide bonds. The third-order valence-corrected chi connectivity index (χ3v) is 2.08. The van der Waals surface area contributed by atoms with Crippen LogP contribution < -0.4 is 0 Å². The van der Waals surface area contributed by atoms with Gasteiger partial charge in [-0.1, -0.05) is 0 Å². The van der Waals surface area contributed by atoms with E-state index in [2.05, 4.69) is 9.72 Å². The minimum atomic E-state index is -5.13. The van der Waals surface area contributed by atoms with Crippen LogP contribution in [0.3, 0.4) is 0 Å². The number of halogens is 5. The molecule has 0 spiro atoms. The van der Waals surface area contributed by atoms with Crippen molar-refractivity contribution < 1.29 is 31.5 Å². The van der Waals surface area contributed by atoms with Gasteiger partial charge in [0.1, 0.15) is 11.8 Å². The number of alkyl halides is 5. The summed E-state index contributed by atoms with van der Waals surface area (Å²) in [6.07, 6.45) is -8.66. The van der Waals surface area contributed by atoms with Crippen LogP contribution in [0.5, 0.6) is 0 Å². The lowest BCUT2D eigenvalue weighted by atomic mass is 10.1. The molecule has 0 N–H and O–H groups in total. The number of carbonyl (C=O) groups is 1. The fraction of sp³-hybridized carbons (Fsp3) is 0.300. The van der Waals surface area contributed by atoms with Crippen LogP contribution in [0.1, 0.15) is 33.7 Å². The number of aromatic nitrogens is 1. The molecule has 0 unspecified atom stereocenters. The van der Waals surface area contributed by atoms with Gasteiger partial charge in [-0.3, -0.25) is 0 Å². The van der Waals surface area contributed by atoms with Crippen molar-refractivity contribution in [2.45, 2.75) is 12.6 Å². The topological polar surface area (TPSA) is 63.0 Å². The highest BCUT2D eigenvalue weighted by Gasteiger charge is 2.38. The number of esters is 1. The van der Waals surface area contributed by atoms with Crippen molar-refractivity contribution in [3.63, 3.8) is 0 Å². The van der Waals surface area contributed by atoms with Gasteiger partial charge in [0.05, 0.1) is 18.2 Å². The maximum atomic E-state index is 12.6. The fourth-order valence-corrected chi connectivity index (χ4v) is 1.27. The lowest BCUT2D eigenvalue weighted by molar-refractivity contribution is -0.140. The molecule has 0 aliphatic carbocycles. The summed E-state index contributed by atoms with van der Waals surface area (Å²) in [6.45, 7) is 0. The molecular formula is C10H5F5N2O2. The van der Waals surface area contributed by atoms with Crippen molar-refractivity contribution in [3.05, 3.63) is 28.6 Å². The lowest BCUT2D eigenvalue weighted by Crippen LogP contribution is -2.16. The molecule has 0 bridgehead atoms. The Hall–Kier alpha value is -2.24. The van der Waals surface area contributed by atoms with Gasteiger partial charge in [-0.05, 0) is 6.07 Å². The Balaban J connectivity index is 3.63. The second kappa shape index (κ2) is 5.17. The summed E-state index contributed by atoms with van der Waals surface area (Å²) in [4.78, 5) is 14.1. The molecule has 0 saturated carbocycles. The Morgan fingerprint density at radius 2 is 2.05 bits per heavy atom. The number of ether oxygens (including phenoxy) is 1. The van der Waals surface area contributed by atoms with E-state index in [1.165, 1.54) is 6.07 Å². The SMILES string of the molecule is COC(=O)c1cc(C(F)(F)F)c(C(F)F)nc1C#N. The van der Waals surface area contributed by atoms with Crippen LogP contribution in [0.15, 0.2) is 6.07 Å². The molecule has 4 nitrogen and oxygen atoms in total. The number of hydrogen-bond donors (Lipinski definition) is 0. The van der Waals surface area contributed by atoms with E-state index < -0.39 is 41.1 Å². The molecule has 0 saturated heterocycles. The summed E-state index contributed by atoms with van der Waals surface area (Å²) < 4.78 is 66.9. The van der Waals surface area contributed by atoms with Gasteiger partial charge in [-0.15, -0.1) is 0 Å². The number of nitriles is 1. The molecule has 1 aromatic heterocycles. The average molecular weight is 280 g/mol. The summed E-state index contributed by atoms with van der Waals surface area (Å²) in [5.41, 5.74) is -5.05. The maximum absolute atomic E-state index is 12.6. The van der Waals surface area contributed by atoms with E-state index in [1.807, 2.05) is 0 Å². The van der Waals surface area contributed by atoms with Gasteiger partial charge in [-0.2, -0.15) is 18.4 Å². The molecule has 0 radical (unpaired) electrons. The second-order valence-corrected chi connectivity index (χ2v) is 3.22. The molecule has 1 aromatic rings. The maximum Gasteiger partial charge on any atom is 0.418 e. The van der Waals surface area contributed by atoms with Crippen molar-refractivity contribution in [1.29, 1.82) is 5.26 Å². The van der Waals surface area contributed by atoms with Crippen LogP contribution in [0.25, 0.3) is 0 Å². The van der Waals surface area contributed by atoms with Crippen LogP contribution in [0, 0.1) is 11.3 Å². The minimum absolute atomic E-state index is 0.138. The van der Waals surface area contributed by atoms with Gasteiger partial charge in [0, 0.05) is 0 Å². The number of rotatable bonds is 2. The summed E-state index contributed by atoms with van der Waals surface area (Å²) in [6, 6.07) is 1.41. The molecule has 0 aromatic carbocycles. The average Bonchev–Trinajstić information content (AvgIpc) is 2.34. The normalized spacial score (nSPS) is 11.3. The van der Waals surface area contributed by atoms with Crippen molar-refractivity contribution in [2.75, 3.05) is 7.11 Å².